The minimum absolute atomic E-state index is 0.740. The first kappa shape index (κ1) is 13.2. The number of hydrogen-bond acceptors (Lipinski definition) is 4. The summed E-state index contributed by atoms with van der Waals surface area (Å²) in [5.41, 5.74) is 0. The third-order valence-corrected chi connectivity index (χ3v) is 3.15. The molecule has 1 aliphatic rings. The lowest BCUT2D eigenvalue weighted by atomic mass is 10.3. The third-order valence-electron chi connectivity index (χ3n) is 3.15. The molecule has 0 radical (unpaired) electrons. The first-order valence-electron chi connectivity index (χ1n) is 6.59. The van der Waals surface area contributed by atoms with Crippen molar-refractivity contribution in [2.45, 2.75) is 6.42 Å². The number of hydrogen-bond donors (Lipinski definition) is 1. The molecule has 4 heteroatoms. The van der Waals surface area contributed by atoms with Crippen LogP contribution in [0.2, 0.25) is 0 Å². The predicted octanol–water partition coefficient (Wildman–Crippen LogP) is 1.37. The summed E-state index contributed by atoms with van der Waals surface area (Å²) in [6.07, 6.45) is 1.05. The first-order chi connectivity index (χ1) is 8.90. The van der Waals surface area contributed by atoms with Gasteiger partial charge in [-0.05, 0) is 18.6 Å². The van der Waals surface area contributed by atoms with Gasteiger partial charge in [0.25, 0.3) is 0 Å². The van der Waals surface area contributed by atoms with Gasteiger partial charge in [0.05, 0.1) is 13.7 Å². The van der Waals surface area contributed by atoms with Gasteiger partial charge in [-0.15, -0.1) is 0 Å². The normalized spacial score (nSPS) is 16.5. The van der Waals surface area contributed by atoms with E-state index in [2.05, 4.69) is 10.2 Å². The van der Waals surface area contributed by atoms with Crippen molar-refractivity contribution >= 4 is 0 Å². The standard InChI is InChI=1S/C14H22N2O2/c1-17-13-5-2-3-6-14(13)18-12-4-9-16-10-7-15-8-11-16/h2-3,5-6,15H,4,7-12H2,1H3. The summed E-state index contributed by atoms with van der Waals surface area (Å²) in [6.45, 7) is 6.35. The lowest BCUT2D eigenvalue weighted by molar-refractivity contribution is 0.211. The Hall–Kier alpha value is -1.26. The summed E-state index contributed by atoms with van der Waals surface area (Å²) in [5.74, 6) is 1.64. The molecule has 1 aromatic carbocycles. The lowest BCUT2D eigenvalue weighted by Crippen LogP contribution is -2.43. The molecule has 0 unspecified atom stereocenters. The highest BCUT2D eigenvalue weighted by atomic mass is 16.5. The summed E-state index contributed by atoms with van der Waals surface area (Å²) in [7, 11) is 1.67. The van der Waals surface area contributed by atoms with Crippen molar-refractivity contribution in [2.24, 2.45) is 0 Å². The maximum Gasteiger partial charge on any atom is 0.161 e. The Balaban J connectivity index is 1.68. The van der Waals surface area contributed by atoms with E-state index in [-0.39, 0.29) is 0 Å². The Kier molecular flexibility index (Phi) is 5.30. The number of benzene rings is 1. The van der Waals surface area contributed by atoms with Crippen LogP contribution in [-0.4, -0.2) is 51.3 Å². The van der Waals surface area contributed by atoms with E-state index in [1.165, 1.54) is 0 Å². The molecule has 1 N–H and O–H groups in total. The number of ether oxygens (including phenoxy) is 2. The van der Waals surface area contributed by atoms with Crippen LogP contribution in [0.3, 0.4) is 0 Å². The summed E-state index contributed by atoms with van der Waals surface area (Å²) in [4.78, 5) is 2.47. The Morgan fingerprint density at radius 1 is 1.17 bits per heavy atom. The van der Waals surface area contributed by atoms with Crippen molar-refractivity contribution in [3.05, 3.63) is 24.3 Å². The minimum Gasteiger partial charge on any atom is -0.493 e. The minimum atomic E-state index is 0.740. The topological polar surface area (TPSA) is 33.7 Å². The van der Waals surface area contributed by atoms with Gasteiger partial charge < -0.3 is 19.7 Å². The number of para-hydroxylation sites is 2. The van der Waals surface area contributed by atoms with Gasteiger partial charge in [0, 0.05) is 32.7 Å². The highest BCUT2D eigenvalue weighted by molar-refractivity contribution is 5.39. The van der Waals surface area contributed by atoms with E-state index in [1.54, 1.807) is 7.11 Å². The van der Waals surface area contributed by atoms with Gasteiger partial charge in [0.2, 0.25) is 0 Å². The molecule has 0 amide bonds. The molecule has 0 aromatic heterocycles. The second-order valence-corrected chi connectivity index (χ2v) is 4.44. The second-order valence-electron chi connectivity index (χ2n) is 4.44. The average Bonchev–Trinajstić information content (AvgIpc) is 2.45. The molecule has 1 heterocycles. The molecule has 0 atom stereocenters. The summed E-state index contributed by atoms with van der Waals surface area (Å²) in [6, 6.07) is 7.79. The molecule has 1 aromatic rings. The van der Waals surface area contributed by atoms with Crippen LogP contribution < -0.4 is 14.8 Å². The lowest BCUT2D eigenvalue weighted by Gasteiger charge is -2.27. The van der Waals surface area contributed by atoms with Crippen LogP contribution in [0, 0.1) is 0 Å². The number of nitrogens with zero attached hydrogens (tertiary/aromatic N) is 1. The molecular formula is C14H22N2O2. The van der Waals surface area contributed by atoms with Crippen LogP contribution in [0.15, 0.2) is 24.3 Å². The largest absolute Gasteiger partial charge is 0.493 e. The van der Waals surface area contributed by atoms with Crippen molar-refractivity contribution in [1.82, 2.24) is 10.2 Å². The van der Waals surface area contributed by atoms with E-state index in [0.717, 1.165) is 57.3 Å². The SMILES string of the molecule is COc1ccccc1OCCCN1CCNCC1. The zero-order chi connectivity index (χ0) is 12.6. The van der Waals surface area contributed by atoms with Crippen molar-refractivity contribution in [3.8, 4) is 11.5 Å². The second kappa shape index (κ2) is 7.24. The van der Waals surface area contributed by atoms with Gasteiger partial charge in [-0.3, -0.25) is 0 Å². The van der Waals surface area contributed by atoms with Gasteiger partial charge in [0.1, 0.15) is 0 Å². The number of piperazine rings is 1. The molecule has 2 rings (SSSR count). The van der Waals surface area contributed by atoms with Gasteiger partial charge >= 0.3 is 0 Å². The molecule has 0 bridgehead atoms. The summed E-state index contributed by atoms with van der Waals surface area (Å²) >= 11 is 0. The molecule has 0 spiro atoms. The zero-order valence-corrected chi connectivity index (χ0v) is 11.0. The Labute approximate surface area is 109 Å². The van der Waals surface area contributed by atoms with Gasteiger partial charge in [-0.2, -0.15) is 0 Å². The van der Waals surface area contributed by atoms with Crippen LogP contribution in [0.4, 0.5) is 0 Å². The molecule has 0 aliphatic carbocycles. The predicted molar refractivity (Wildman–Crippen MR) is 72.4 cm³/mol. The van der Waals surface area contributed by atoms with E-state index in [1.807, 2.05) is 24.3 Å². The quantitative estimate of drug-likeness (QED) is 0.773. The molecule has 1 aliphatic heterocycles. The Morgan fingerprint density at radius 3 is 2.61 bits per heavy atom. The number of nitrogens with one attached hydrogen (secondary N) is 1. The Bertz CT molecular complexity index is 351. The summed E-state index contributed by atoms with van der Waals surface area (Å²) in [5, 5.41) is 3.36. The maximum absolute atomic E-state index is 5.75. The molecule has 4 nitrogen and oxygen atoms in total. The van der Waals surface area contributed by atoms with Crippen molar-refractivity contribution in [2.75, 3.05) is 46.4 Å². The van der Waals surface area contributed by atoms with Gasteiger partial charge in [0.15, 0.2) is 11.5 Å². The molecule has 18 heavy (non-hydrogen) atoms. The van der Waals surface area contributed by atoms with Crippen LogP contribution in [-0.2, 0) is 0 Å². The van der Waals surface area contributed by atoms with Gasteiger partial charge in [-0.1, -0.05) is 12.1 Å². The molecule has 0 saturated carbocycles. The van der Waals surface area contributed by atoms with Gasteiger partial charge in [-0.25, -0.2) is 0 Å². The highest BCUT2D eigenvalue weighted by Crippen LogP contribution is 2.25. The fourth-order valence-electron chi connectivity index (χ4n) is 2.14. The van der Waals surface area contributed by atoms with Crippen molar-refractivity contribution < 1.29 is 9.47 Å². The number of rotatable bonds is 6. The number of methoxy groups -OCH3 is 1. The Morgan fingerprint density at radius 2 is 1.89 bits per heavy atom. The maximum atomic E-state index is 5.75. The van der Waals surface area contributed by atoms with E-state index < -0.39 is 0 Å². The van der Waals surface area contributed by atoms with E-state index in [0.29, 0.717) is 0 Å². The van der Waals surface area contributed by atoms with E-state index >= 15 is 0 Å². The smallest absolute Gasteiger partial charge is 0.161 e. The van der Waals surface area contributed by atoms with Crippen LogP contribution in [0.1, 0.15) is 6.42 Å². The van der Waals surface area contributed by atoms with Crippen molar-refractivity contribution in [3.63, 3.8) is 0 Å². The first-order valence-corrected chi connectivity index (χ1v) is 6.59. The highest BCUT2D eigenvalue weighted by Gasteiger charge is 2.08. The van der Waals surface area contributed by atoms with Crippen LogP contribution in [0.25, 0.3) is 0 Å². The molecular weight excluding hydrogens is 228 g/mol. The van der Waals surface area contributed by atoms with E-state index in [4.69, 9.17) is 9.47 Å². The molecule has 1 fully saturated rings. The monoisotopic (exact) mass is 250 g/mol. The van der Waals surface area contributed by atoms with Crippen LogP contribution >= 0.6 is 0 Å². The zero-order valence-electron chi connectivity index (χ0n) is 11.0. The third kappa shape index (κ3) is 3.89. The fraction of sp³-hybridized carbons (Fsp3) is 0.571. The molecule has 1 saturated heterocycles. The average molecular weight is 250 g/mol. The molecule has 100 valence electrons. The fourth-order valence-corrected chi connectivity index (χ4v) is 2.14. The van der Waals surface area contributed by atoms with Crippen molar-refractivity contribution in [1.29, 1.82) is 0 Å². The van der Waals surface area contributed by atoms with Crippen LogP contribution in [0.5, 0.6) is 11.5 Å². The summed E-state index contributed by atoms with van der Waals surface area (Å²) < 4.78 is 11.0. The van der Waals surface area contributed by atoms with E-state index in [9.17, 15) is 0 Å².